The normalized spacial score (nSPS) is 19.4. The molecule has 3 N–H and O–H groups in total. The number of amides is 3. The van der Waals surface area contributed by atoms with Crippen LogP contribution in [0.15, 0.2) is 66.7 Å². The van der Waals surface area contributed by atoms with E-state index in [1.54, 1.807) is 61.6 Å². The number of ether oxygens (including phenoxy) is 3. The van der Waals surface area contributed by atoms with Gasteiger partial charge >= 0.3 is 6.03 Å². The van der Waals surface area contributed by atoms with E-state index >= 15 is 0 Å². The third-order valence-electron chi connectivity index (χ3n) is 6.88. The van der Waals surface area contributed by atoms with Crippen LogP contribution in [0.2, 0.25) is 0 Å². The second kappa shape index (κ2) is 9.35. The molecule has 11 heteroatoms. The van der Waals surface area contributed by atoms with Gasteiger partial charge in [-0.3, -0.25) is 20.1 Å². The first kappa shape index (κ1) is 24.3. The minimum Gasteiger partial charge on any atom is -0.497 e. The van der Waals surface area contributed by atoms with E-state index in [9.17, 15) is 9.59 Å². The van der Waals surface area contributed by atoms with Crippen molar-refractivity contribution in [2.75, 3.05) is 24.4 Å². The highest BCUT2D eigenvalue weighted by molar-refractivity contribution is 6.05. The Kier molecular flexibility index (Phi) is 5.82. The van der Waals surface area contributed by atoms with Crippen LogP contribution in [0.5, 0.6) is 17.2 Å². The number of benzene rings is 3. The lowest BCUT2D eigenvalue weighted by Crippen LogP contribution is -2.65. The summed E-state index contributed by atoms with van der Waals surface area (Å²) in [4.78, 5) is 32.3. The lowest BCUT2D eigenvalue weighted by Gasteiger charge is -2.50. The minimum atomic E-state index is -0.924. The Morgan fingerprint density at radius 3 is 2.62 bits per heavy atom. The van der Waals surface area contributed by atoms with Gasteiger partial charge in [-0.2, -0.15) is 4.98 Å². The molecule has 0 unspecified atom stereocenters. The number of aromatic amines is 1. The number of para-hydroxylation sites is 1. The number of aromatic nitrogens is 3. The average Bonchev–Trinajstić information content (AvgIpc) is 3.41. The molecule has 6 rings (SSSR count). The van der Waals surface area contributed by atoms with Crippen LogP contribution in [-0.4, -0.2) is 47.1 Å². The van der Waals surface area contributed by atoms with Gasteiger partial charge in [-0.1, -0.05) is 24.3 Å². The summed E-state index contributed by atoms with van der Waals surface area (Å²) >= 11 is 0. The van der Waals surface area contributed by atoms with Gasteiger partial charge in [-0.25, -0.2) is 4.79 Å². The highest BCUT2D eigenvalue weighted by Gasteiger charge is 2.49. The fourth-order valence-electron chi connectivity index (χ4n) is 5.06. The van der Waals surface area contributed by atoms with Gasteiger partial charge in [0, 0.05) is 29.2 Å². The fourth-order valence-corrected chi connectivity index (χ4v) is 5.06. The summed E-state index contributed by atoms with van der Waals surface area (Å²) in [5.41, 5.74) is 1.57. The Morgan fingerprint density at radius 1 is 1.08 bits per heavy atom. The molecule has 198 valence electrons. The molecule has 3 aromatic carbocycles. The third-order valence-corrected chi connectivity index (χ3v) is 6.88. The van der Waals surface area contributed by atoms with E-state index in [4.69, 9.17) is 14.2 Å². The molecule has 1 saturated heterocycles. The predicted molar refractivity (Wildman–Crippen MR) is 143 cm³/mol. The van der Waals surface area contributed by atoms with Crippen LogP contribution in [0.3, 0.4) is 0 Å². The van der Waals surface area contributed by atoms with Gasteiger partial charge in [0.2, 0.25) is 5.95 Å². The van der Waals surface area contributed by atoms with Crippen LogP contribution < -0.4 is 29.7 Å². The van der Waals surface area contributed by atoms with Crippen LogP contribution in [0.25, 0.3) is 11.4 Å². The molecule has 0 spiro atoms. The molecule has 4 aromatic rings. The first-order valence-electron chi connectivity index (χ1n) is 12.3. The Labute approximate surface area is 224 Å². The second-order valence-electron chi connectivity index (χ2n) is 9.47. The summed E-state index contributed by atoms with van der Waals surface area (Å²) in [6, 6.07) is 19.3. The zero-order valence-corrected chi connectivity index (χ0v) is 21.5. The number of nitrogens with one attached hydrogen (secondary N) is 3. The van der Waals surface area contributed by atoms with E-state index in [2.05, 4.69) is 25.8 Å². The molecule has 1 fully saturated rings. The topological polar surface area (TPSA) is 131 Å². The average molecular weight is 527 g/mol. The smallest absolute Gasteiger partial charge is 0.325 e. The van der Waals surface area contributed by atoms with Crippen LogP contribution in [0.4, 0.5) is 16.4 Å². The van der Waals surface area contributed by atoms with Gasteiger partial charge in [0.1, 0.15) is 17.2 Å². The minimum absolute atomic E-state index is 0.0972. The molecule has 2 aliphatic rings. The zero-order chi connectivity index (χ0) is 27.1. The molecular weight excluding hydrogens is 500 g/mol. The quantitative estimate of drug-likeness (QED) is 0.337. The van der Waals surface area contributed by atoms with Crippen molar-refractivity contribution in [3.05, 3.63) is 77.9 Å². The predicted octanol–water partition coefficient (Wildman–Crippen LogP) is 4.51. The highest BCUT2D eigenvalue weighted by Crippen LogP contribution is 2.45. The summed E-state index contributed by atoms with van der Waals surface area (Å²) in [6.45, 7) is 1.88. The van der Waals surface area contributed by atoms with Gasteiger partial charge in [0.15, 0.2) is 11.5 Å². The molecule has 0 radical (unpaired) electrons. The molecule has 2 atom stereocenters. The van der Waals surface area contributed by atoms with E-state index in [1.807, 2.05) is 31.2 Å². The van der Waals surface area contributed by atoms with Crippen molar-refractivity contribution >= 4 is 23.6 Å². The summed E-state index contributed by atoms with van der Waals surface area (Å²) in [7, 11) is 3.12. The van der Waals surface area contributed by atoms with Crippen LogP contribution >= 0.6 is 0 Å². The number of nitrogens with zero attached hydrogens (tertiary/aromatic N) is 3. The Morgan fingerprint density at radius 2 is 1.85 bits per heavy atom. The van der Waals surface area contributed by atoms with Gasteiger partial charge in [0.25, 0.3) is 5.91 Å². The fraction of sp³-hybridized carbons (Fsp3) is 0.214. The maximum atomic E-state index is 13.2. The summed E-state index contributed by atoms with van der Waals surface area (Å²) in [5.74, 6) is 2.01. The first-order chi connectivity index (χ1) is 18.9. The van der Waals surface area contributed by atoms with E-state index < -0.39 is 11.6 Å². The number of hydrogen-bond donors (Lipinski definition) is 3. The number of hydrogen-bond acceptors (Lipinski definition) is 7. The van der Waals surface area contributed by atoms with Crippen LogP contribution in [-0.2, 0) is 0 Å². The van der Waals surface area contributed by atoms with Gasteiger partial charge < -0.3 is 19.5 Å². The number of carbonyl (C=O) groups is 2. The Hall–Kier alpha value is -5.06. The summed E-state index contributed by atoms with van der Waals surface area (Å²) < 4.78 is 17.0. The largest absolute Gasteiger partial charge is 0.497 e. The number of fused-ring (bicyclic) bond motifs is 4. The van der Waals surface area contributed by atoms with Gasteiger partial charge in [0.05, 0.1) is 25.9 Å². The molecule has 39 heavy (non-hydrogen) atoms. The standard InChI is InChI=1S/C28H26N6O5/c1-28-15-22(21-9-4-5-10-23(21)39-28)29-27(36)34(28)18-8-6-7-16(11-18)25(35)31-26-30-24(32-33-26)17-12-19(37-2)14-20(13-17)38-3/h4-14,22H,15H2,1-3H3,(H,29,36)(H2,30,31,32,33,35)/t22-,28+/m0/s1. The maximum absolute atomic E-state index is 13.2. The SMILES string of the molecule is COc1cc(OC)cc(-c2nc(NC(=O)c3cccc(N4C(=O)N[C@H]5C[C@@]4(C)Oc4ccccc45)c3)n[nH]2)c1. The molecule has 0 saturated carbocycles. The van der Waals surface area contributed by atoms with Crippen molar-refractivity contribution in [1.29, 1.82) is 0 Å². The Balaban J connectivity index is 1.23. The molecule has 1 aromatic heterocycles. The molecule has 2 aliphatic heterocycles. The molecule has 3 amide bonds. The van der Waals surface area contributed by atoms with Crippen LogP contribution in [0, 0.1) is 0 Å². The number of carbonyl (C=O) groups excluding carboxylic acids is 2. The molecule has 2 bridgehead atoms. The number of urea groups is 1. The van der Waals surface area contributed by atoms with Gasteiger partial charge in [-0.15, -0.1) is 5.10 Å². The van der Waals surface area contributed by atoms with E-state index in [0.29, 0.717) is 40.6 Å². The molecule has 0 aliphatic carbocycles. The van der Waals surface area contributed by atoms with E-state index in [1.165, 1.54) is 0 Å². The monoisotopic (exact) mass is 526 g/mol. The maximum Gasteiger partial charge on any atom is 0.325 e. The van der Waals surface area contributed by atoms with Crippen molar-refractivity contribution in [3.63, 3.8) is 0 Å². The third kappa shape index (κ3) is 4.37. The number of rotatable bonds is 6. The molecule has 11 nitrogen and oxygen atoms in total. The van der Waals surface area contributed by atoms with Crippen molar-refractivity contribution in [1.82, 2.24) is 20.5 Å². The lowest BCUT2D eigenvalue weighted by atomic mass is 9.90. The van der Waals surface area contributed by atoms with E-state index in [0.717, 1.165) is 11.3 Å². The van der Waals surface area contributed by atoms with Crippen molar-refractivity contribution in [2.45, 2.75) is 25.1 Å². The van der Waals surface area contributed by atoms with E-state index in [-0.39, 0.29) is 18.0 Å². The number of H-pyrrole nitrogens is 1. The van der Waals surface area contributed by atoms with Crippen LogP contribution in [0.1, 0.15) is 35.3 Å². The molecular formula is C28H26N6O5. The summed E-state index contributed by atoms with van der Waals surface area (Å²) in [6.07, 6.45) is 0.557. The highest BCUT2D eigenvalue weighted by atomic mass is 16.5. The molecule has 3 heterocycles. The first-order valence-corrected chi connectivity index (χ1v) is 12.3. The number of methoxy groups -OCH3 is 2. The Bertz CT molecular complexity index is 1560. The van der Waals surface area contributed by atoms with Crippen molar-refractivity contribution < 1.29 is 23.8 Å². The summed E-state index contributed by atoms with van der Waals surface area (Å²) in [5, 5.41) is 12.7. The van der Waals surface area contributed by atoms with Gasteiger partial charge in [-0.05, 0) is 43.3 Å². The second-order valence-corrected chi connectivity index (χ2v) is 9.47. The zero-order valence-electron chi connectivity index (χ0n) is 21.5. The van der Waals surface area contributed by atoms with Crippen molar-refractivity contribution in [2.24, 2.45) is 0 Å². The van der Waals surface area contributed by atoms with Crippen molar-refractivity contribution in [3.8, 4) is 28.6 Å². The lowest BCUT2D eigenvalue weighted by molar-refractivity contribution is 0.0378. The number of anilines is 2.